The fourth-order valence-electron chi connectivity index (χ4n) is 4.62. The molecule has 2 atom stereocenters. The van der Waals surface area contributed by atoms with E-state index in [0.717, 1.165) is 6.42 Å². The summed E-state index contributed by atoms with van der Waals surface area (Å²) >= 11 is 0. The number of ketones is 1. The zero-order valence-electron chi connectivity index (χ0n) is 12.2. The molecule has 1 heteroatoms. The van der Waals surface area contributed by atoms with Crippen LogP contribution in [0, 0.1) is 11.8 Å². The molecule has 0 spiro atoms. The van der Waals surface area contributed by atoms with Gasteiger partial charge in [-0.15, -0.1) is 0 Å². The molecule has 1 nitrogen and oxygen atoms in total. The summed E-state index contributed by atoms with van der Waals surface area (Å²) in [6, 6.07) is 20.8. The summed E-state index contributed by atoms with van der Waals surface area (Å²) in [5, 5.41) is 0. The number of benzene rings is 2. The van der Waals surface area contributed by atoms with E-state index in [4.69, 9.17) is 0 Å². The van der Waals surface area contributed by atoms with E-state index in [0.29, 0.717) is 17.6 Å². The topological polar surface area (TPSA) is 17.1 Å². The summed E-state index contributed by atoms with van der Waals surface area (Å²) in [5.41, 5.74) is 1.99. The van der Waals surface area contributed by atoms with Crippen molar-refractivity contribution in [2.45, 2.75) is 31.1 Å². The molecule has 2 aromatic rings. The van der Waals surface area contributed by atoms with Crippen LogP contribution in [-0.2, 0) is 10.2 Å². The van der Waals surface area contributed by atoms with Crippen LogP contribution in [0.4, 0.5) is 0 Å². The number of rotatable bonds is 2. The quantitative estimate of drug-likeness (QED) is 0.796. The first kappa shape index (κ1) is 12.8. The van der Waals surface area contributed by atoms with Crippen molar-refractivity contribution in [3.63, 3.8) is 0 Å². The molecule has 2 aromatic carbocycles. The van der Waals surface area contributed by atoms with Crippen molar-refractivity contribution >= 4 is 5.78 Å². The Hall–Kier alpha value is -1.89. The van der Waals surface area contributed by atoms with E-state index in [-0.39, 0.29) is 5.41 Å². The molecule has 2 saturated carbocycles. The van der Waals surface area contributed by atoms with Crippen molar-refractivity contribution < 1.29 is 4.79 Å². The first-order chi connectivity index (χ1) is 10.3. The van der Waals surface area contributed by atoms with Gasteiger partial charge in [0.25, 0.3) is 0 Å². The van der Waals surface area contributed by atoms with Gasteiger partial charge in [-0.1, -0.05) is 73.5 Å². The van der Waals surface area contributed by atoms with Crippen LogP contribution in [0.3, 0.4) is 0 Å². The fourth-order valence-corrected chi connectivity index (χ4v) is 4.62. The molecule has 4 rings (SSSR count). The molecular weight excluding hydrogens is 256 g/mol. The molecule has 0 heterocycles. The van der Waals surface area contributed by atoms with E-state index in [1.807, 2.05) is 12.1 Å². The average molecular weight is 276 g/mol. The SMILES string of the molecule is O=C1[C@@H]2CCCC[C@@H]2C1(c1ccccc1)c1ccccc1. The highest BCUT2D eigenvalue weighted by Crippen LogP contribution is 2.59. The van der Waals surface area contributed by atoms with E-state index in [9.17, 15) is 4.79 Å². The van der Waals surface area contributed by atoms with Gasteiger partial charge in [0.15, 0.2) is 5.78 Å². The molecule has 0 amide bonds. The average Bonchev–Trinajstić information content (AvgIpc) is 2.57. The minimum Gasteiger partial charge on any atom is -0.298 e. The maximum atomic E-state index is 13.1. The molecule has 106 valence electrons. The Labute approximate surface area is 126 Å². The number of carbonyl (C=O) groups excluding carboxylic acids is 1. The lowest BCUT2D eigenvalue weighted by molar-refractivity contribution is -0.147. The smallest absolute Gasteiger partial charge is 0.151 e. The van der Waals surface area contributed by atoms with Gasteiger partial charge < -0.3 is 0 Å². The molecule has 0 N–H and O–H groups in total. The predicted octanol–water partition coefficient (Wildman–Crippen LogP) is 4.36. The Kier molecular flexibility index (Phi) is 2.95. The Bertz CT molecular complexity index is 605. The third-order valence-corrected chi connectivity index (χ3v) is 5.51. The molecule has 0 unspecified atom stereocenters. The minimum absolute atomic E-state index is 0.291. The maximum Gasteiger partial charge on any atom is 0.151 e. The van der Waals surface area contributed by atoms with Crippen LogP contribution in [-0.4, -0.2) is 5.78 Å². The lowest BCUT2D eigenvalue weighted by atomic mass is 9.44. The van der Waals surface area contributed by atoms with Gasteiger partial charge in [-0.3, -0.25) is 4.79 Å². The molecule has 0 radical (unpaired) electrons. The second-order valence-electron chi connectivity index (χ2n) is 6.40. The molecular formula is C20H20O. The number of hydrogen-bond donors (Lipinski definition) is 0. The van der Waals surface area contributed by atoms with Crippen LogP contribution >= 0.6 is 0 Å². The highest BCUT2D eigenvalue weighted by molar-refractivity contribution is 6.02. The van der Waals surface area contributed by atoms with Gasteiger partial charge in [0.05, 0.1) is 5.41 Å². The van der Waals surface area contributed by atoms with Gasteiger partial charge in [-0.25, -0.2) is 0 Å². The Morgan fingerprint density at radius 2 is 1.29 bits per heavy atom. The third-order valence-electron chi connectivity index (χ3n) is 5.51. The van der Waals surface area contributed by atoms with Crippen molar-refractivity contribution in [1.82, 2.24) is 0 Å². The molecule has 0 aromatic heterocycles. The van der Waals surface area contributed by atoms with Crippen molar-refractivity contribution in [3.05, 3.63) is 71.8 Å². The summed E-state index contributed by atoms with van der Waals surface area (Å²) in [5.74, 6) is 1.23. The molecule has 0 bridgehead atoms. The number of fused-ring (bicyclic) bond motifs is 1. The van der Waals surface area contributed by atoms with E-state index in [2.05, 4.69) is 48.5 Å². The maximum absolute atomic E-state index is 13.1. The van der Waals surface area contributed by atoms with E-state index < -0.39 is 0 Å². The molecule has 0 aliphatic heterocycles. The minimum atomic E-state index is -0.381. The standard InChI is InChI=1S/C20H20O/c21-19-17-13-7-8-14-18(17)20(19,15-9-3-1-4-10-15)16-11-5-2-6-12-16/h1-6,9-12,17-18H,7-8,13-14H2/t17-,18+/m1/s1. The van der Waals surface area contributed by atoms with Crippen LogP contribution in [0.2, 0.25) is 0 Å². The molecule has 21 heavy (non-hydrogen) atoms. The Balaban J connectivity index is 1.90. The molecule has 2 aliphatic rings. The lowest BCUT2D eigenvalue weighted by Gasteiger charge is -2.56. The Morgan fingerprint density at radius 3 is 1.86 bits per heavy atom. The molecule has 0 saturated heterocycles. The highest BCUT2D eigenvalue weighted by Gasteiger charge is 2.63. The van der Waals surface area contributed by atoms with Crippen LogP contribution < -0.4 is 0 Å². The van der Waals surface area contributed by atoms with Crippen molar-refractivity contribution in [2.24, 2.45) is 11.8 Å². The van der Waals surface area contributed by atoms with Gasteiger partial charge in [0, 0.05) is 5.92 Å². The van der Waals surface area contributed by atoms with Crippen molar-refractivity contribution in [1.29, 1.82) is 0 Å². The zero-order valence-corrected chi connectivity index (χ0v) is 12.2. The monoisotopic (exact) mass is 276 g/mol. The van der Waals surface area contributed by atoms with Crippen LogP contribution in [0.5, 0.6) is 0 Å². The van der Waals surface area contributed by atoms with Gasteiger partial charge in [-0.2, -0.15) is 0 Å². The normalized spacial score (nSPS) is 26.8. The summed E-state index contributed by atoms with van der Waals surface area (Å²) < 4.78 is 0. The van der Waals surface area contributed by atoms with Crippen molar-refractivity contribution in [2.75, 3.05) is 0 Å². The number of carbonyl (C=O) groups is 1. The summed E-state index contributed by atoms with van der Waals surface area (Å²) in [6.45, 7) is 0. The zero-order chi connectivity index (χ0) is 14.3. The van der Waals surface area contributed by atoms with Gasteiger partial charge >= 0.3 is 0 Å². The number of hydrogen-bond acceptors (Lipinski definition) is 1. The van der Waals surface area contributed by atoms with E-state index in [1.165, 1.54) is 30.4 Å². The highest BCUT2D eigenvalue weighted by atomic mass is 16.1. The van der Waals surface area contributed by atoms with Crippen molar-refractivity contribution in [3.8, 4) is 0 Å². The third kappa shape index (κ3) is 1.67. The summed E-state index contributed by atoms with van der Waals surface area (Å²) in [7, 11) is 0. The van der Waals surface area contributed by atoms with Gasteiger partial charge in [0.1, 0.15) is 0 Å². The van der Waals surface area contributed by atoms with Gasteiger partial charge in [-0.05, 0) is 29.9 Å². The van der Waals surface area contributed by atoms with Gasteiger partial charge in [0.2, 0.25) is 0 Å². The Morgan fingerprint density at radius 1 is 0.762 bits per heavy atom. The summed E-state index contributed by atoms with van der Waals surface area (Å²) in [4.78, 5) is 13.1. The molecule has 2 fully saturated rings. The van der Waals surface area contributed by atoms with E-state index in [1.54, 1.807) is 0 Å². The largest absolute Gasteiger partial charge is 0.298 e. The van der Waals surface area contributed by atoms with Crippen LogP contribution in [0.25, 0.3) is 0 Å². The second-order valence-corrected chi connectivity index (χ2v) is 6.40. The molecule has 2 aliphatic carbocycles. The summed E-state index contributed by atoms with van der Waals surface area (Å²) in [6.07, 6.45) is 4.74. The first-order valence-electron chi connectivity index (χ1n) is 8.00. The second kappa shape index (κ2) is 4.84. The fraction of sp³-hybridized carbons (Fsp3) is 0.350. The van der Waals surface area contributed by atoms with Crippen LogP contribution in [0.1, 0.15) is 36.8 Å². The van der Waals surface area contributed by atoms with E-state index >= 15 is 0 Å². The first-order valence-corrected chi connectivity index (χ1v) is 8.00. The van der Waals surface area contributed by atoms with Crippen LogP contribution in [0.15, 0.2) is 60.7 Å². The lowest BCUT2D eigenvalue weighted by Crippen LogP contribution is -2.62. The predicted molar refractivity (Wildman–Crippen MR) is 84.1 cm³/mol. The number of Topliss-reactive ketones (excluding diaryl/α,β-unsaturated/α-hetero) is 1.